The van der Waals surface area contributed by atoms with Crippen molar-refractivity contribution in [1.82, 2.24) is 25.3 Å². The fourth-order valence-corrected chi connectivity index (χ4v) is 2.96. The Kier molecular flexibility index (Phi) is 6.00. The van der Waals surface area contributed by atoms with Crippen LogP contribution in [0.4, 0.5) is 18.0 Å². The molecular formula is C17H20F3N5O3. The third kappa shape index (κ3) is 5.33. The molecule has 8 nitrogen and oxygen atoms in total. The van der Waals surface area contributed by atoms with E-state index in [4.69, 9.17) is 9.26 Å². The molecule has 28 heavy (non-hydrogen) atoms. The molecule has 0 saturated carbocycles. The summed E-state index contributed by atoms with van der Waals surface area (Å²) in [5.74, 6) is 0.854. The third-order valence-electron chi connectivity index (χ3n) is 4.25. The number of urea groups is 1. The van der Waals surface area contributed by atoms with E-state index in [2.05, 4.69) is 20.4 Å². The van der Waals surface area contributed by atoms with Crippen molar-refractivity contribution in [2.45, 2.75) is 38.4 Å². The average molecular weight is 399 g/mol. The highest BCUT2D eigenvalue weighted by molar-refractivity contribution is 5.74. The maximum absolute atomic E-state index is 12.5. The van der Waals surface area contributed by atoms with Gasteiger partial charge in [0.25, 0.3) is 0 Å². The van der Waals surface area contributed by atoms with E-state index in [0.717, 1.165) is 12.8 Å². The quantitative estimate of drug-likeness (QED) is 0.831. The van der Waals surface area contributed by atoms with Crippen molar-refractivity contribution in [2.24, 2.45) is 0 Å². The van der Waals surface area contributed by atoms with E-state index in [0.29, 0.717) is 30.4 Å². The molecule has 2 amide bonds. The van der Waals surface area contributed by atoms with Gasteiger partial charge in [-0.15, -0.1) is 0 Å². The number of carbonyl (C=O) groups excluding carboxylic acids is 1. The predicted octanol–water partition coefficient (Wildman–Crippen LogP) is 2.80. The van der Waals surface area contributed by atoms with Gasteiger partial charge in [0.15, 0.2) is 12.4 Å². The Morgan fingerprint density at radius 2 is 2.29 bits per heavy atom. The lowest BCUT2D eigenvalue weighted by Crippen LogP contribution is -2.44. The van der Waals surface area contributed by atoms with Gasteiger partial charge in [0, 0.05) is 31.4 Å². The lowest BCUT2D eigenvalue weighted by molar-refractivity contribution is -0.154. The van der Waals surface area contributed by atoms with Crippen LogP contribution < -0.4 is 10.1 Å². The molecule has 2 aromatic heterocycles. The number of amides is 2. The lowest BCUT2D eigenvalue weighted by atomic mass is 9.98. The maximum Gasteiger partial charge on any atom is 0.422 e. The van der Waals surface area contributed by atoms with Crippen LogP contribution in [0.3, 0.4) is 0 Å². The molecule has 11 heteroatoms. The van der Waals surface area contributed by atoms with Crippen molar-refractivity contribution < 1.29 is 27.2 Å². The number of piperidine rings is 1. The Balaban J connectivity index is 1.57. The predicted molar refractivity (Wildman–Crippen MR) is 90.6 cm³/mol. The molecule has 1 atom stereocenters. The smallest absolute Gasteiger partial charge is 0.422 e. The first-order valence-electron chi connectivity index (χ1n) is 8.78. The molecule has 1 saturated heterocycles. The number of ether oxygens (including phenoxy) is 1. The van der Waals surface area contributed by atoms with Crippen LogP contribution in [-0.4, -0.2) is 51.9 Å². The largest absolute Gasteiger partial charge is 0.468 e. The number of hydrogen-bond donors (Lipinski definition) is 1. The normalized spacial score (nSPS) is 17.4. The van der Waals surface area contributed by atoms with Crippen molar-refractivity contribution in [2.75, 3.05) is 19.7 Å². The average Bonchev–Trinajstić information content (AvgIpc) is 3.11. The van der Waals surface area contributed by atoms with E-state index in [1.165, 1.54) is 6.20 Å². The standard InChI is InChI=1S/C17H20F3N5O3/c1-11-23-15(28-24-11)13-5-3-7-25(9-13)16(26)22-8-12-4-2-6-21-14(12)27-10-17(18,19)20/h2,4,6,13H,3,5,7-10H2,1H3,(H,22,26). The number of aromatic nitrogens is 3. The van der Waals surface area contributed by atoms with E-state index in [9.17, 15) is 18.0 Å². The molecule has 0 aromatic carbocycles. The first kappa shape index (κ1) is 19.9. The highest BCUT2D eigenvalue weighted by Crippen LogP contribution is 2.26. The van der Waals surface area contributed by atoms with Gasteiger partial charge in [-0.05, 0) is 25.8 Å². The van der Waals surface area contributed by atoms with E-state index in [-0.39, 0.29) is 24.4 Å². The van der Waals surface area contributed by atoms with E-state index in [1.807, 2.05) is 0 Å². The second-order valence-electron chi connectivity index (χ2n) is 6.50. The van der Waals surface area contributed by atoms with Gasteiger partial charge >= 0.3 is 12.2 Å². The highest BCUT2D eigenvalue weighted by atomic mass is 19.4. The molecule has 0 radical (unpaired) electrons. The Morgan fingerprint density at radius 3 is 3.00 bits per heavy atom. The summed E-state index contributed by atoms with van der Waals surface area (Å²) < 4.78 is 47.0. The van der Waals surface area contributed by atoms with Crippen LogP contribution >= 0.6 is 0 Å². The Morgan fingerprint density at radius 1 is 1.46 bits per heavy atom. The van der Waals surface area contributed by atoms with Crippen LogP contribution in [0.15, 0.2) is 22.9 Å². The summed E-state index contributed by atoms with van der Waals surface area (Å²) in [6, 6.07) is 2.79. The Hall–Kier alpha value is -2.85. The fraction of sp³-hybridized carbons (Fsp3) is 0.529. The van der Waals surface area contributed by atoms with Crippen molar-refractivity contribution in [1.29, 1.82) is 0 Å². The van der Waals surface area contributed by atoms with Gasteiger partial charge in [-0.2, -0.15) is 18.2 Å². The zero-order chi connectivity index (χ0) is 20.1. The molecule has 3 rings (SSSR count). The van der Waals surface area contributed by atoms with E-state index >= 15 is 0 Å². The minimum absolute atomic E-state index is 0.000691. The number of nitrogens with one attached hydrogen (secondary N) is 1. The summed E-state index contributed by atoms with van der Waals surface area (Å²) >= 11 is 0. The van der Waals surface area contributed by atoms with Gasteiger partial charge in [0.1, 0.15) is 0 Å². The summed E-state index contributed by atoms with van der Waals surface area (Å²) in [5.41, 5.74) is 0.362. The van der Waals surface area contributed by atoms with Crippen LogP contribution in [0.1, 0.15) is 36.0 Å². The van der Waals surface area contributed by atoms with E-state index < -0.39 is 12.8 Å². The van der Waals surface area contributed by atoms with Crippen LogP contribution in [-0.2, 0) is 6.54 Å². The molecule has 1 fully saturated rings. The van der Waals surface area contributed by atoms with Crippen molar-refractivity contribution in [3.63, 3.8) is 0 Å². The number of alkyl halides is 3. The number of rotatable bonds is 5. The number of likely N-dealkylation sites (tertiary alicyclic amines) is 1. The maximum atomic E-state index is 12.5. The molecule has 1 aliphatic heterocycles. The fourth-order valence-electron chi connectivity index (χ4n) is 2.96. The molecule has 152 valence electrons. The number of pyridine rings is 1. The van der Waals surface area contributed by atoms with Crippen LogP contribution in [0.25, 0.3) is 0 Å². The highest BCUT2D eigenvalue weighted by Gasteiger charge is 2.30. The second kappa shape index (κ2) is 8.44. The summed E-state index contributed by atoms with van der Waals surface area (Å²) in [4.78, 5) is 22.1. The summed E-state index contributed by atoms with van der Waals surface area (Å²) in [5, 5.41) is 6.48. The van der Waals surface area contributed by atoms with Crippen LogP contribution in [0, 0.1) is 6.92 Å². The van der Waals surface area contributed by atoms with Gasteiger partial charge in [0.2, 0.25) is 11.8 Å². The van der Waals surface area contributed by atoms with Gasteiger partial charge in [0.05, 0.1) is 5.92 Å². The molecule has 0 bridgehead atoms. The summed E-state index contributed by atoms with van der Waals surface area (Å²) in [7, 11) is 0. The molecule has 0 spiro atoms. The van der Waals surface area contributed by atoms with Gasteiger partial charge in [-0.25, -0.2) is 9.78 Å². The lowest BCUT2D eigenvalue weighted by Gasteiger charge is -2.31. The van der Waals surface area contributed by atoms with Gasteiger partial charge in [-0.1, -0.05) is 11.2 Å². The topological polar surface area (TPSA) is 93.4 Å². The molecular weight excluding hydrogens is 379 g/mol. The Labute approximate surface area is 159 Å². The first-order chi connectivity index (χ1) is 13.3. The summed E-state index contributed by atoms with van der Waals surface area (Å²) in [6.45, 7) is 1.29. The minimum atomic E-state index is -4.46. The molecule has 1 N–H and O–H groups in total. The Bertz CT molecular complexity index is 811. The molecule has 2 aromatic rings. The molecule has 1 unspecified atom stereocenters. The zero-order valence-corrected chi connectivity index (χ0v) is 15.2. The first-order valence-corrected chi connectivity index (χ1v) is 8.78. The third-order valence-corrected chi connectivity index (χ3v) is 4.25. The molecule has 3 heterocycles. The van der Waals surface area contributed by atoms with Gasteiger partial charge < -0.3 is 19.5 Å². The minimum Gasteiger partial charge on any atom is -0.468 e. The monoisotopic (exact) mass is 399 g/mol. The van der Waals surface area contributed by atoms with E-state index in [1.54, 1.807) is 24.0 Å². The van der Waals surface area contributed by atoms with Crippen molar-refractivity contribution in [3.05, 3.63) is 35.6 Å². The van der Waals surface area contributed by atoms with Crippen LogP contribution in [0.2, 0.25) is 0 Å². The number of halogens is 3. The zero-order valence-electron chi connectivity index (χ0n) is 15.2. The van der Waals surface area contributed by atoms with Crippen molar-refractivity contribution in [3.8, 4) is 5.88 Å². The molecule has 0 aliphatic carbocycles. The number of hydrogen-bond acceptors (Lipinski definition) is 6. The number of carbonyl (C=O) groups is 1. The SMILES string of the molecule is Cc1noc(C2CCCN(C(=O)NCc3cccnc3OCC(F)(F)F)C2)n1. The van der Waals surface area contributed by atoms with Gasteiger partial charge in [-0.3, -0.25) is 0 Å². The van der Waals surface area contributed by atoms with Crippen molar-refractivity contribution >= 4 is 6.03 Å². The number of aryl methyl sites for hydroxylation is 1. The summed E-state index contributed by atoms with van der Waals surface area (Å²) in [6.07, 6.45) is -1.51. The van der Waals surface area contributed by atoms with Crippen LogP contribution in [0.5, 0.6) is 5.88 Å². The second-order valence-corrected chi connectivity index (χ2v) is 6.50. The number of nitrogens with zero attached hydrogens (tertiary/aromatic N) is 4. The molecule has 1 aliphatic rings.